The summed E-state index contributed by atoms with van der Waals surface area (Å²) in [5, 5.41) is 3.12. The molecule has 2 aromatic carbocycles. The molecule has 0 atom stereocenters. The van der Waals surface area contributed by atoms with Crippen LogP contribution >= 0.6 is 0 Å². The third-order valence-electron chi connectivity index (χ3n) is 4.51. The van der Waals surface area contributed by atoms with Crippen molar-refractivity contribution >= 4 is 28.5 Å². The third kappa shape index (κ3) is 4.13. The predicted octanol–water partition coefficient (Wildman–Crippen LogP) is 3.46. The molecule has 0 bridgehead atoms. The largest absolute Gasteiger partial charge is 0.497 e. The minimum absolute atomic E-state index is 0.0301. The molecule has 0 unspecified atom stereocenters. The zero-order chi connectivity index (χ0) is 21.0. The van der Waals surface area contributed by atoms with Gasteiger partial charge in [-0.3, -0.25) is 9.59 Å². The lowest BCUT2D eigenvalue weighted by Gasteiger charge is -2.13. The number of nitrogens with zero attached hydrogens (tertiary/aromatic N) is 1. The van der Waals surface area contributed by atoms with Crippen molar-refractivity contribution in [3.63, 3.8) is 0 Å². The number of pyridine rings is 1. The molecule has 0 spiro atoms. The molecule has 0 radical (unpaired) electrons. The van der Waals surface area contributed by atoms with Crippen molar-refractivity contribution in [3.8, 4) is 5.75 Å². The van der Waals surface area contributed by atoms with E-state index < -0.39 is 11.4 Å². The Morgan fingerprint density at radius 2 is 1.90 bits per heavy atom. The summed E-state index contributed by atoms with van der Waals surface area (Å²) in [7, 11) is 1.53. The zero-order valence-electron chi connectivity index (χ0n) is 16.5. The Hall–Kier alpha value is -3.61. The van der Waals surface area contributed by atoms with Crippen LogP contribution in [0.4, 0.5) is 5.69 Å². The van der Waals surface area contributed by atoms with Gasteiger partial charge in [-0.15, -0.1) is 0 Å². The topological polar surface area (TPSA) is 86.6 Å². The minimum atomic E-state index is -0.660. The molecule has 0 saturated carbocycles. The molecule has 1 heterocycles. The van der Waals surface area contributed by atoms with Crippen molar-refractivity contribution in [1.82, 2.24) is 4.57 Å². The van der Waals surface area contributed by atoms with Crippen LogP contribution in [0.5, 0.6) is 5.75 Å². The molecule has 7 heteroatoms. The maximum atomic E-state index is 12.9. The third-order valence-corrected chi connectivity index (χ3v) is 4.51. The molecule has 0 aliphatic heterocycles. The molecule has 3 aromatic rings. The molecular weight excluding hydrogens is 372 g/mol. The van der Waals surface area contributed by atoms with Crippen LogP contribution < -0.4 is 15.5 Å². The Kier molecular flexibility index (Phi) is 5.97. The molecule has 1 N–H and O–H groups in total. The number of fused-ring (bicyclic) bond motifs is 1. The van der Waals surface area contributed by atoms with Gasteiger partial charge in [-0.05, 0) is 50.2 Å². The number of benzene rings is 2. The highest BCUT2D eigenvalue weighted by atomic mass is 16.5. The fraction of sp³-hybridized carbons (Fsp3) is 0.227. The van der Waals surface area contributed by atoms with Crippen LogP contribution in [-0.4, -0.2) is 30.2 Å². The van der Waals surface area contributed by atoms with Crippen molar-refractivity contribution in [3.05, 3.63) is 70.0 Å². The monoisotopic (exact) mass is 394 g/mol. The number of carbonyl (C=O) groups is 2. The number of esters is 1. The quantitative estimate of drug-likeness (QED) is 0.647. The normalized spacial score (nSPS) is 10.6. The molecule has 1 amide bonds. The van der Waals surface area contributed by atoms with E-state index in [9.17, 15) is 14.4 Å². The van der Waals surface area contributed by atoms with Crippen molar-refractivity contribution < 1.29 is 19.1 Å². The summed E-state index contributed by atoms with van der Waals surface area (Å²) < 4.78 is 11.9. The summed E-state index contributed by atoms with van der Waals surface area (Å²) in [6.07, 6.45) is 1.51. The van der Waals surface area contributed by atoms with Gasteiger partial charge in [-0.1, -0.05) is 6.07 Å². The molecular formula is C22H22N2O5. The van der Waals surface area contributed by atoms with E-state index >= 15 is 0 Å². The summed E-state index contributed by atoms with van der Waals surface area (Å²) in [4.78, 5) is 37.6. The number of aromatic nitrogens is 1. The lowest BCUT2D eigenvalue weighted by molar-refractivity contribution is 0.0524. The first-order valence-electron chi connectivity index (χ1n) is 9.28. The molecule has 0 aliphatic rings. The molecule has 0 saturated heterocycles. The van der Waals surface area contributed by atoms with Crippen molar-refractivity contribution in [2.45, 2.75) is 20.4 Å². The first-order chi connectivity index (χ1) is 14.0. The number of rotatable bonds is 6. The number of hydrogen-bond donors (Lipinski definition) is 1. The Bertz CT molecular complexity index is 1130. The summed E-state index contributed by atoms with van der Waals surface area (Å²) >= 11 is 0. The van der Waals surface area contributed by atoms with Crippen LogP contribution in [0.25, 0.3) is 10.9 Å². The Morgan fingerprint density at radius 3 is 2.59 bits per heavy atom. The van der Waals surface area contributed by atoms with E-state index in [1.165, 1.54) is 13.3 Å². The van der Waals surface area contributed by atoms with Gasteiger partial charge in [0, 0.05) is 29.4 Å². The van der Waals surface area contributed by atoms with Crippen molar-refractivity contribution in [1.29, 1.82) is 0 Å². The van der Waals surface area contributed by atoms with Gasteiger partial charge in [0.05, 0.1) is 19.2 Å². The van der Waals surface area contributed by atoms with E-state index in [1.807, 2.05) is 6.92 Å². The number of methoxy groups -OCH3 is 1. The van der Waals surface area contributed by atoms with Crippen LogP contribution in [0.15, 0.2) is 53.5 Å². The van der Waals surface area contributed by atoms with Crippen LogP contribution in [0.1, 0.15) is 34.6 Å². The van der Waals surface area contributed by atoms with E-state index in [0.717, 1.165) is 0 Å². The zero-order valence-corrected chi connectivity index (χ0v) is 16.5. The van der Waals surface area contributed by atoms with E-state index in [2.05, 4.69) is 5.32 Å². The summed E-state index contributed by atoms with van der Waals surface area (Å²) in [5.74, 6) is -0.422. The number of aryl methyl sites for hydroxylation is 1. The van der Waals surface area contributed by atoms with Crippen LogP contribution in [0, 0.1) is 0 Å². The number of anilines is 1. The van der Waals surface area contributed by atoms with Crippen LogP contribution in [-0.2, 0) is 11.3 Å². The maximum Gasteiger partial charge on any atom is 0.343 e. The fourth-order valence-electron chi connectivity index (χ4n) is 3.06. The van der Waals surface area contributed by atoms with Crippen molar-refractivity contribution in [2.75, 3.05) is 19.0 Å². The maximum absolute atomic E-state index is 12.9. The highest BCUT2D eigenvalue weighted by molar-refractivity contribution is 6.05. The van der Waals surface area contributed by atoms with E-state index in [4.69, 9.17) is 9.47 Å². The van der Waals surface area contributed by atoms with Gasteiger partial charge in [0.15, 0.2) is 0 Å². The highest BCUT2D eigenvalue weighted by Gasteiger charge is 2.17. The van der Waals surface area contributed by atoms with E-state index in [1.54, 1.807) is 54.0 Å². The second-order valence-corrected chi connectivity index (χ2v) is 6.30. The molecule has 29 heavy (non-hydrogen) atoms. The molecule has 0 aliphatic carbocycles. The lowest BCUT2D eigenvalue weighted by Crippen LogP contribution is -2.21. The summed E-state index contributed by atoms with van der Waals surface area (Å²) in [6, 6.07) is 11.8. The predicted molar refractivity (Wildman–Crippen MR) is 111 cm³/mol. The summed E-state index contributed by atoms with van der Waals surface area (Å²) in [5.41, 5.74) is 1.09. The van der Waals surface area contributed by atoms with Gasteiger partial charge < -0.3 is 19.4 Å². The summed E-state index contributed by atoms with van der Waals surface area (Å²) in [6.45, 7) is 4.35. The van der Waals surface area contributed by atoms with Gasteiger partial charge in [0.1, 0.15) is 11.3 Å². The molecule has 0 fully saturated rings. The average molecular weight is 394 g/mol. The number of nitrogens with one attached hydrogen (secondary N) is 1. The average Bonchev–Trinajstić information content (AvgIpc) is 2.74. The smallest absolute Gasteiger partial charge is 0.343 e. The standard InChI is InChI=1S/C22H22N2O5/c1-4-24-13-18(22(27)29-5-2)20(25)17-12-15(9-10-19(17)24)23-21(26)14-7-6-8-16(11-14)28-3/h6-13H,4-5H2,1-3H3,(H,23,26). The van der Waals surface area contributed by atoms with Gasteiger partial charge >= 0.3 is 5.97 Å². The van der Waals surface area contributed by atoms with Crippen LogP contribution in [0.3, 0.4) is 0 Å². The van der Waals surface area contributed by atoms with Gasteiger partial charge in [-0.25, -0.2) is 4.79 Å². The number of carbonyl (C=O) groups excluding carboxylic acids is 2. The Balaban J connectivity index is 2.02. The molecule has 7 nitrogen and oxygen atoms in total. The molecule has 3 rings (SSSR count). The first-order valence-corrected chi connectivity index (χ1v) is 9.28. The first kappa shape index (κ1) is 20.1. The number of ether oxygens (including phenoxy) is 2. The number of amides is 1. The van der Waals surface area contributed by atoms with Gasteiger partial charge in [0.25, 0.3) is 5.91 Å². The fourth-order valence-corrected chi connectivity index (χ4v) is 3.06. The molecule has 1 aromatic heterocycles. The van der Waals surface area contributed by atoms with Gasteiger partial charge in [-0.2, -0.15) is 0 Å². The lowest BCUT2D eigenvalue weighted by atomic mass is 10.1. The van der Waals surface area contributed by atoms with E-state index in [0.29, 0.717) is 34.4 Å². The minimum Gasteiger partial charge on any atom is -0.497 e. The SMILES string of the molecule is CCOC(=O)c1cn(CC)c2ccc(NC(=O)c3cccc(OC)c3)cc2c1=O. The number of hydrogen-bond acceptors (Lipinski definition) is 5. The van der Waals surface area contributed by atoms with Gasteiger partial charge in [0.2, 0.25) is 5.43 Å². The second kappa shape index (κ2) is 8.60. The Morgan fingerprint density at radius 1 is 1.10 bits per heavy atom. The molecule has 150 valence electrons. The van der Waals surface area contributed by atoms with Crippen LogP contribution in [0.2, 0.25) is 0 Å². The highest BCUT2D eigenvalue weighted by Crippen LogP contribution is 2.20. The second-order valence-electron chi connectivity index (χ2n) is 6.30. The van der Waals surface area contributed by atoms with Crippen molar-refractivity contribution in [2.24, 2.45) is 0 Å². The van der Waals surface area contributed by atoms with E-state index in [-0.39, 0.29) is 18.1 Å². The Labute approximate surface area is 167 Å².